The van der Waals surface area contributed by atoms with Gasteiger partial charge in [-0.2, -0.15) is 0 Å². The van der Waals surface area contributed by atoms with Gasteiger partial charge in [-0.15, -0.1) is 0 Å². The number of rotatable bonds is 44. The highest BCUT2D eigenvalue weighted by molar-refractivity contribution is 5.76. The first-order chi connectivity index (χ1) is 26.0. The van der Waals surface area contributed by atoms with Crippen molar-refractivity contribution in [1.29, 1.82) is 0 Å². The van der Waals surface area contributed by atoms with Crippen molar-refractivity contribution in [3.05, 3.63) is 0 Å². The van der Waals surface area contributed by atoms with Gasteiger partial charge < -0.3 is 20.3 Å². The number of carbonyl (C=O) groups excluding carboxylic acids is 2. The highest BCUT2D eigenvalue weighted by Gasteiger charge is 2.20. The van der Waals surface area contributed by atoms with Crippen molar-refractivity contribution in [2.45, 2.75) is 276 Å². The number of nitrogens with one attached hydrogen (secondary N) is 1. The molecule has 0 heterocycles. The summed E-state index contributed by atoms with van der Waals surface area (Å²) in [5.74, 6) is -0.0653. The minimum Gasteiger partial charge on any atom is -0.466 e. The third kappa shape index (κ3) is 40.3. The molecule has 0 radical (unpaired) electrons. The lowest BCUT2D eigenvalue weighted by molar-refractivity contribution is -0.143. The fourth-order valence-electron chi connectivity index (χ4n) is 7.46. The lowest BCUT2D eigenvalue weighted by Crippen LogP contribution is -2.45. The summed E-state index contributed by atoms with van der Waals surface area (Å²) in [5.41, 5.74) is 0. The number of unbranched alkanes of at least 4 members (excludes halogenated alkanes) is 33. The topological polar surface area (TPSA) is 95.9 Å². The molecule has 2 unspecified atom stereocenters. The van der Waals surface area contributed by atoms with Gasteiger partial charge in [-0.25, -0.2) is 0 Å². The molecule has 0 saturated heterocycles. The third-order valence-electron chi connectivity index (χ3n) is 11.2. The lowest BCUT2D eigenvalue weighted by Gasteiger charge is -2.22. The van der Waals surface area contributed by atoms with Gasteiger partial charge in [0.2, 0.25) is 5.91 Å². The molecule has 0 aromatic carbocycles. The molecule has 6 heteroatoms. The van der Waals surface area contributed by atoms with E-state index >= 15 is 0 Å². The minimum absolute atomic E-state index is 0.0108. The van der Waals surface area contributed by atoms with E-state index in [4.69, 9.17) is 4.74 Å². The molecule has 0 fully saturated rings. The number of amides is 1. The average Bonchev–Trinajstić information content (AvgIpc) is 3.16. The van der Waals surface area contributed by atoms with Crippen LogP contribution in [0.15, 0.2) is 0 Å². The minimum atomic E-state index is -0.672. The van der Waals surface area contributed by atoms with Crippen LogP contribution in [0.25, 0.3) is 0 Å². The maximum absolute atomic E-state index is 12.4. The molecule has 0 spiro atoms. The van der Waals surface area contributed by atoms with Crippen LogP contribution >= 0.6 is 0 Å². The first-order valence-corrected chi connectivity index (χ1v) is 23.8. The van der Waals surface area contributed by atoms with E-state index in [1.807, 2.05) is 0 Å². The summed E-state index contributed by atoms with van der Waals surface area (Å²) in [6, 6.07) is -0.551. The van der Waals surface area contributed by atoms with Gasteiger partial charge in [0.05, 0.1) is 25.4 Å². The maximum atomic E-state index is 12.4. The molecular formula is C47H93NO5. The normalized spacial score (nSPS) is 12.6. The molecule has 0 aliphatic carbocycles. The number of carbonyl (C=O) groups is 2. The molecular weight excluding hydrogens is 659 g/mol. The zero-order chi connectivity index (χ0) is 38.7. The van der Waals surface area contributed by atoms with E-state index < -0.39 is 12.1 Å². The van der Waals surface area contributed by atoms with Crippen LogP contribution in [-0.2, 0) is 14.3 Å². The highest BCUT2D eigenvalue weighted by atomic mass is 16.5. The van der Waals surface area contributed by atoms with Crippen molar-refractivity contribution in [2.24, 2.45) is 0 Å². The quantitative estimate of drug-likeness (QED) is 0.0425. The molecule has 0 rings (SSSR count). The van der Waals surface area contributed by atoms with Gasteiger partial charge in [0.15, 0.2) is 0 Å². The Morgan fingerprint density at radius 2 is 0.774 bits per heavy atom. The van der Waals surface area contributed by atoms with Crippen LogP contribution in [0.3, 0.4) is 0 Å². The molecule has 0 bridgehead atoms. The number of ether oxygens (including phenoxy) is 1. The van der Waals surface area contributed by atoms with Gasteiger partial charge in [-0.1, -0.05) is 226 Å². The Bertz CT molecular complexity index is 746. The largest absolute Gasteiger partial charge is 0.466 e. The molecule has 0 aromatic rings. The van der Waals surface area contributed by atoms with Gasteiger partial charge in [-0.3, -0.25) is 9.59 Å². The Balaban J connectivity index is 3.43. The summed E-state index contributed by atoms with van der Waals surface area (Å²) in [7, 11) is 0. The van der Waals surface area contributed by atoms with E-state index in [-0.39, 0.29) is 18.5 Å². The van der Waals surface area contributed by atoms with E-state index in [0.717, 1.165) is 57.8 Å². The van der Waals surface area contributed by atoms with Crippen molar-refractivity contribution < 1.29 is 24.5 Å². The Morgan fingerprint density at radius 3 is 1.15 bits per heavy atom. The Morgan fingerprint density at radius 1 is 0.453 bits per heavy atom. The summed E-state index contributed by atoms with van der Waals surface area (Å²) in [6.45, 7) is 4.90. The Labute approximate surface area is 330 Å². The molecule has 3 N–H and O–H groups in total. The van der Waals surface area contributed by atoms with Crippen molar-refractivity contribution in [1.82, 2.24) is 5.32 Å². The SMILES string of the molecule is CCCCCCCCCCCCCCCCCC(=O)OCCCCCCCCCCCCCC(=O)NC(CO)C(O)CCCCCCCCCCCC. The summed E-state index contributed by atoms with van der Waals surface area (Å²) in [6.07, 6.45) is 46.3. The summed E-state index contributed by atoms with van der Waals surface area (Å²) >= 11 is 0. The van der Waals surface area contributed by atoms with Gasteiger partial charge in [0.25, 0.3) is 0 Å². The molecule has 2 atom stereocenters. The van der Waals surface area contributed by atoms with E-state index in [0.29, 0.717) is 25.9 Å². The van der Waals surface area contributed by atoms with Crippen molar-refractivity contribution in [3.8, 4) is 0 Å². The fraction of sp³-hybridized carbons (Fsp3) is 0.957. The van der Waals surface area contributed by atoms with Crippen molar-refractivity contribution >= 4 is 11.9 Å². The summed E-state index contributed by atoms with van der Waals surface area (Å²) in [4.78, 5) is 24.4. The number of hydrogen-bond donors (Lipinski definition) is 3. The predicted octanol–water partition coefficient (Wildman–Crippen LogP) is 13.6. The van der Waals surface area contributed by atoms with Crippen LogP contribution in [-0.4, -0.2) is 47.4 Å². The Hall–Kier alpha value is -1.14. The number of hydrogen-bond acceptors (Lipinski definition) is 5. The smallest absolute Gasteiger partial charge is 0.305 e. The summed E-state index contributed by atoms with van der Waals surface area (Å²) in [5, 5.41) is 23.1. The lowest BCUT2D eigenvalue weighted by atomic mass is 10.0. The number of aliphatic hydroxyl groups is 2. The van der Waals surface area contributed by atoms with Gasteiger partial charge in [0.1, 0.15) is 0 Å². The maximum Gasteiger partial charge on any atom is 0.305 e. The van der Waals surface area contributed by atoms with Crippen LogP contribution < -0.4 is 5.32 Å². The summed E-state index contributed by atoms with van der Waals surface area (Å²) < 4.78 is 5.45. The molecule has 6 nitrogen and oxygen atoms in total. The second-order valence-electron chi connectivity index (χ2n) is 16.5. The fourth-order valence-corrected chi connectivity index (χ4v) is 7.46. The van der Waals surface area contributed by atoms with Gasteiger partial charge in [-0.05, 0) is 25.7 Å². The van der Waals surface area contributed by atoms with Gasteiger partial charge >= 0.3 is 5.97 Å². The van der Waals surface area contributed by atoms with Crippen LogP contribution in [0.2, 0.25) is 0 Å². The van der Waals surface area contributed by atoms with E-state index in [9.17, 15) is 19.8 Å². The molecule has 53 heavy (non-hydrogen) atoms. The molecule has 316 valence electrons. The average molecular weight is 752 g/mol. The number of esters is 1. The highest BCUT2D eigenvalue weighted by Crippen LogP contribution is 2.16. The Kier molecular flexibility index (Phi) is 42.6. The molecule has 0 aliphatic rings. The second kappa shape index (κ2) is 43.6. The standard InChI is InChI=1S/C47H93NO5/c1-3-5-7-9-11-13-15-16-17-18-21-25-29-33-37-41-47(52)53-42-38-34-30-26-22-19-20-24-28-32-36-40-46(51)48-44(43-49)45(50)39-35-31-27-23-14-12-10-8-6-4-2/h44-45,49-50H,3-43H2,1-2H3,(H,48,51). The van der Waals surface area contributed by atoms with Crippen LogP contribution in [0, 0.1) is 0 Å². The van der Waals surface area contributed by atoms with E-state index in [1.54, 1.807) is 0 Å². The second-order valence-corrected chi connectivity index (χ2v) is 16.5. The first-order valence-electron chi connectivity index (χ1n) is 23.8. The number of aliphatic hydroxyl groups excluding tert-OH is 2. The predicted molar refractivity (Wildman–Crippen MR) is 227 cm³/mol. The molecule has 0 aliphatic heterocycles. The van der Waals surface area contributed by atoms with Gasteiger partial charge in [0, 0.05) is 12.8 Å². The molecule has 0 saturated carbocycles. The third-order valence-corrected chi connectivity index (χ3v) is 11.2. The first kappa shape index (κ1) is 51.9. The zero-order valence-electron chi connectivity index (χ0n) is 35.8. The van der Waals surface area contributed by atoms with Crippen molar-refractivity contribution in [2.75, 3.05) is 13.2 Å². The van der Waals surface area contributed by atoms with Crippen LogP contribution in [0.4, 0.5) is 0 Å². The zero-order valence-corrected chi connectivity index (χ0v) is 35.8. The molecule has 1 amide bonds. The van der Waals surface area contributed by atoms with Crippen LogP contribution in [0.5, 0.6) is 0 Å². The van der Waals surface area contributed by atoms with Crippen molar-refractivity contribution in [3.63, 3.8) is 0 Å². The van der Waals surface area contributed by atoms with E-state index in [1.165, 1.54) is 173 Å². The monoisotopic (exact) mass is 752 g/mol. The van der Waals surface area contributed by atoms with Crippen LogP contribution in [0.1, 0.15) is 264 Å². The molecule has 0 aromatic heterocycles. The van der Waals surface area contributed by atoms with E-state index in [2.05, 4.69) is 19.2 Å².